The van der Waals surface area contributed by atoms with Crippen LogP contribution >= 0.6 is 23.2 Å². The third-order valence-electron chi connectivity index (χ3n) is 2.73. The van der Waals surface area contributed by atoms with Gasteiger partial charge < -0.3 is 10.1 Å². The van der Waals surface area contributed by atoms with Gasteiger partial charge in [0.05, 0.1) is 7.11 Å². The molecule has 1 atom stereocenters. The summed E-state index contributed by atoms with van der Waals surface area (Å²) in [5.41, 5.74) is 0.696. The van der Waals surface area contributed by atoms with Crippen LogP contribution in [0.15, 0.2) is 24.3 Å². The fourth-order valence-electron chi connectivity index (χ4n) is 1.67. The fraction of sp³-hybridized carbons (Fsp3) is 0.333. The van der Waals surface area contributed by atoms with E-state index in [0.717, 1.165) is 0 Å². The molecule has 1 unspecified atom stereocenters. The van der Waals surface area contributed by atoms with Gasteiger partial charge in [-0.3, -0.25) is 4.79 Å². The summed E-state index contributed by atoms with van der Waals surface area (Å²) in [5.74, 6) is -0.942. The highest BCUT2D eigenvalue weighted by atomic mass is 35.5. The van der Waals surface area contributed by atoms with Crippen molar-refractivity contribution >= 4 is 41.2 Å². The maximum Gasteiger partial charge on any atom is 0.328 e. The van der Waals surface area contributed by atoms with E-state index in [9.17, 15) is 9.59 Å². The molecule has 0 heterocycles. The van der Waals surface area contributed by atoms with Crippen molar-refractivity contribution in [2.75, 3.05) is 7.11 Å². The van der Waals surface area contributed by atoms with Gasteiger partial charge in [-0.1, -0.05) is 37.0 Å². The summed E-state index contributed by atoms with van der Waals surface area (Å²) in [6, 6.07) is 4.27. The highest BCUT2D eigenvalue weighted by molar-refractivity contribution is 6.34. The van der Waals surface area contributed by atoms with Gasteiger partial charge in [0.25, 0.3) is 0 Å². The second-order valence-corrected chi connectivity index (χ2v) is 5.66. The van der Waals surface area contributed by atoms with E-state index >= 15 is 0 Å². The summed E-state index contributed by atoms with van der Waals surface area (Å²) >= 11 is 11.7. The lowest BCUT2D eigenvalue weighted by Crippen LogP contribution is -2.44. The van der Waals surface area contributed by atoms with Crippen molar-refractivity contribution in [3.05, 3.63) is 39.9 Å². The van der Waals surface area contributed by atoms with Gasteiger partial charge in [0, 0.05) is 16.1 Å². The van der Waals surface area contributed by atoms with E-state index in [2.05, 4.69) is 10.1 Å². The van der Waals surface area contributed by atoms with Crippen LogP contribution in [0.25, 0.3) is 6.08 Å². The second-order valence-electron chi connectivity index (χ2n) is 4.79. The minimum absolute atomic E-state index is 0.0737. The molecule has 1 rings (SSSR count). The molecular formula is C15H17Cl2NO3. The van der Waals surface area contributed by atoms with E-state index in [-0.39, 0.29) is 5.92 Å². The number of hydrogen-bond acceptors (Lipinski definition) is 3. The fourth-order valence-corrected chi connectivity index (χ4v) is 2.21. The van der Waals surface area contributed by atoms with Gasteiger partial charge in [-0.2, -0.15) is 0 Å². The van der Waals surface area contributed by atoms with Crippen molar-refractivity contribution in [1.29, 1.82) is 0 Å². The summed E-state index contributed by atoms with van der Waals surface area (Å²) in [6.45, 7) is 3.64. The normalized spacial score (nSPS) is 12.5. The van der Waals surface area contributed by atoms with Gasteiger partial charge in [-0.25, -0.2) is 4.79 Å². The molecule has 0 saturated carbocycles. The first-order valence-electron chi connectivity index (χ1n) is 6.36. The Bertz CT molecular complexity index is 536. The smallest absolute Gasteiger partial charge is 0.328 e. The Labute approximate surface area is 134 Å². The van der Waals surface area contributed by atoms with Crippen LogP contribution in [0.1, 0.15) is 19.4 Å². The Balaban J connectivity index is 2.75. The minimum atomic E-state index is -0.685. The highest BCUT2D eigenvalue weighted by Crippen LogP contribution is 2.19. The van der Waals surface area contributed by atoms with Crippen molar-refractivity contribution in [2.45, 2.75) is 19.9 Å². The van der Waals surface area contributed by atoms with Gasteiger partial charge >= 0.3 is 5.97 Å². The molecule has 0 bridgehead atoms. The SMILES string of the molecule is COC(=O)C(NC(=O)/C=C/c1cc(Cl)cc(Cl)c1)C(C)C. The van der Waals surface area contributed by atoms with Gasteiger partial charge in [0.2, 0.25) is 5.91 Å². The lowest BCUT2D eigenvalue weighted by atomic mass is 10.0. The molecule has 4 nitrogen and oxygen atoms in total. The average Bonchev–Trinajstić information content (AvgIpc) is 2.40. The highest BCUT2D eigenvalue weighted by Gasteiger charge is 2.23. The number of benzene rings is 1. The van der Waals surface area contributed by atoms with Crippen LogP contribution in [0.5, 0.6) is 0 Å². The Hall–Kier alpha value is -1.52. The molecule has 0 aliphatic carbocycles. The molecular weight excluding hydrogens is 313 g/mol. The van der Waals surface area contributed by atoms with Crippen molar-refractivity contribution in [3.8, 4) is 0 Å². The van der Waals surface area contributed by atoms with Crippen LogP contribution < -0.4 is 5.32 Å². The van der Waals surface area contributed by atoms with Gasteiger partial charge in [-0.05, 0) is 35.8 Å². The van der Waals surface area contributed by atoms with Crippen LogP contribution in [0, 0.1) is 5.92 Å². The first-order chi connectivity index (χ1) is 9.83. The molecule has 0 fully saturated rings. The van der Waals surface area contributed by atoms with E-state index < -0.39 is 17.9 Å². The van der Waals surface area contributed by atoms with Crippen molar-refractivity contribution < 1.29 is 14.3 Å². The van der Waals surface area contributed by atoms with Gasteiger partial charge in [-0.15, -0.1) is 0 Å². The summed E-state index contributed by atoms with van der Waals surface area (Å²) in [5, 5.41) is 3.57. The Morgan fingerprint density at radius 1 is 1.19 bits per heavy atom. The zero-order valence-corrected chi connectivity index (χ0v) is 13.5. The van der Waals surface area contributed by atoms with Crippen molar-refractivity contribution in [2.24, 2.45) is 5.92 Å². The standard InChI is InChI=1S/C15H17Cl2NO3/c1-9(2)14(15(20)21-3)18-13(19)5-4-10-6-11(16)8-12(17)7-10/h4-9,14H,1-3H3,(H,18,19)/b5-4+. The quantitative estimate of drug-likeness (QED) is 0.666. The molecule has 1 amide bonds. The molecule has 0 spiro atoms. The zero-order valence-electron chi connectivity index (χ0n) is 12.0. The second kappa shape index (κ2) is 8.05. The molecule has 0 aliphatic rings. The summed E-state index contributed by atoms with van der Waals surface area (Å²) in [6.07, 6.45) is 2.89. The van der Waals surface area contributed by atoms with Crippen LogP contribution in [-0.2, 0) is 14.3 Å². The number of halogens is 2. The van der Waals surface area contributed by atoms with Crippen molar-refractivity contribution in [1.82, 2.24) is 5.32 Å². The van der Waals surface area contributed by atoms with E-state index in [1.165, 1.54) is 13.2 Å². The zero-order chi connectivity index (χ0) is 16.0. The molecule has 1 aromatic rings. The Morgan fingerprint density at radius 2 is 1.76 bits per heavy atom. The molecule has 0 aromatic heterocycles. The number of carbonyl (C=O) groups is 2. The number of nitrogens with one attached hydrogen (secondary N) is 1. The molecule has 1 N–H and O–H groups in total. The largest absolute Gasteiger partial charge is 0.467 e. The van der Waals surface area contributed by atoms with Crippen molar-refractivity contribution in [3.63, 3.8) is 0 Å². The number of esters is 1. The number of rotatable bonds is 5. The number of carbonyl (C=O) groups excluding carboxylic acids is 2. The van der Waals surface area contributed by atoms with E-state index in [1.54, 1.807) is 24.3 Å². The predicted molar refractivity (Wildman–Crippen MR) is 84.3 cm³/mol. The number of ether oxygens (including phenoxy) is 1. The lowest BCUT2D eigenvalue weighted by molar-refractivity contribution is -0.145. The van der Waals surface area contributed by atoms with E-state index in [0.29, 0.717) is 15.6 Å². The first kappa shape index (κ1) is 17.5. The van der Waals surface area contributed by atoms with E-state index in [4.69, 9.17) is 23.2 Å². The molecule has 114 valence electrons. The van der Waals surface area contributed by atoms with Crippen LogP contribution in [-0.4, -0.2) is 25.0 Å². The maximum atomic E-state index is 11.8. The topological polar surface area (TPSA) is 55.4 Å². The van der Waals surface area contributed by atoms with Crippen LogP contribution in [0.3, 0.4) is 0 Å². The molecule has 1 aromatic carbocycles. The third kappa shape index (κ3) is 5.78. The first-order valence-corrected chi connectivity index (χ1v) is 7.11. The lowest BCUT2D eigenvalue weighted by Gasteiger charge is -2.18. The summed E-state index contributed by atoms with van der Waals surface area (Å²) in [7, 11) is 1.29. The Kier molecular flexibility index (Phi) is 6.72. The number of methoxy groups -OCH3 is 1. The predicted octanol–water partition coefficient (Wildman–Crippen LogP) is 3.32. The number of amides is 1. The molecule has 6 heteroatoms. The maximum absolute atomic E-state index is 11.8. The van der Waals surface area contributed by atoms with Gasteiger partial charge in [0.1, 0.15) is 6.04 Å². The monoisotopic (exact) mass is 329 g/mol. The third-order valence-corrected chi connectivity index (χ3v) is 3.17. The minimum Gasteiger partial charge on any atom is -0.467 e. The average molecular weight is 330 g/mol. The van der Waals surface area contributed by atoms with Crippen LogP contribution in [0.2, 0.25) is 10.0 Å². The summed E-state index contributed by atoms with van der Waals surface area (Å²) in [4.78, 5) is 23.4. The molecule has 0 aliphatic heterocycles. The molecule has 0 saturated heterocycles. The van der Waals surface area contributed by atoms with Crippen LogP contribution in [0.4, 0.5) is 0 Å². The Morgan fingerprint density at radius 3 is 2.24 bits per heavy atom. The van der Waals surface area contributed by atoms with Gasteiger partial charge in [0.15, 0.2) is 0 Å². The molecule has 21 heavy (non-hydrogen) atoms. The summed E-state index contributed by atoms with van der Waals surface area (Å²) < 4.78 is 4.66. The van der Waals surface area contributed by atoms with E-state index in [1.807, 2.05) is 13.8 Å². The molecule has 0 radical (unpaired) electrons. The number of hydrogen-bond donors (Lipinski definition) is 1.